The normalized spacial score (nSPS) is 24.9. The molecule has 2 N–H and O–H groups in total. The Labute approximate surface area is 107 Å². The Morgan fingerprint density at radius 3 is 2.76 bits per heavy atom. The fourth-order valence-electron chi connectivity index (χ4n) is 2.60. The zero-order valence-corrected chi connectivity index (χ0v) is 12.0. The van der Waals surface area contributed by atoms with Crippen molar-refractivity contribution in [3.63, 3.8) is 0 Å². The molecule has 0 aliphatic carbocycles. The molecule has 0 saturated carbocycles. The highest BCUT2D eigenvalue weighted by Gasteiger charge is 2.25. The average Bonchev–Trinajstić information content (AvgIpc) is 2.26. The smallest absolute Gasteiger partial charge is 0.0715 e. The number of nitrogens with zero attached hydrogens (tertiary/aromatic N) is 1. The van der Waals surface area contributed by atoms with Crippen LogP contribution in [0.1, 0.15) is 47.0 Å². The fourth-order valence-corrected chi connectivity index (χ4v) is 2.60. The molecule has 0 radical (unpaired) electrons. The van der Waals surface area contributed by atoms with Gasteiger partial charge in [-0.1, -0.05) is 6.92 Å². The molecule has 2 unspecified atom stereocenters. The molecule has 0 spiro atoms. The lowest BCUT2D eigenvalue weighted by Gasteiger charge is -2.36. The van der Waals surface area contributed by atoms with Crippen LogP contribution in [-0.4, -0.2) is 47.8 Å². The van der Waals surface area contributed by atoms with Gasteiger partial charge in [0.25, 0.3) is 0 Å². The molecule has 0 amide bonds. The lowest BCUT2D eigenvalue weighted by atomic mass is 9.91. The molecule has 1 aliphatic rings. The Morgan fingerprint density at radius 2 is 2.18 bits per heavy atom. The summed E-state index contributed by atoms with van der Waals surface area (Å²) in [6, 6.07) is 0.501. The highest BCUT2D eigenvalue weighted by molar-refractivity contribution is 4.82. The van der Waals surface area contributed by atoms with Crippen LogP contribution in [0.3, 0.4) is 0 Å². The van der Waals surface area contributed by atoms with Gasteiger partial charge in [0.2, 0.25) is 0 Å². The van der Waals surface area contributed by atoms with Crippen LogP contribution in [0.2, 0.25) is 0 Å². The van der Waals surface area contributed by atoms with Crippen LogP contribution in [-0.2, 0) is 0 Å². The van der Waals surface area contributed by atoms with Gasteiger partial charge in [-0.25, -0.2) is 0 Å². The molecular formula is C14H30N2O. The minimum atomic E-state index is -0.605. The Hall–Kier alpha value is -0.120. The molecule has 1 rings (SSSR count). The SMILES string of the molecule is CCCN1CCCC(C(C)NCC(C)(C)O)C1. The minimum Gasteiger partial charge on any atom is -0.389 e. The van der Waals surface area contributed by atoms with Crippen molar-refractivity contribution in [2.45, 2.75) is 58.6 Å². The largest absolute Gasteiger partial charge is 0.389 e. The van der Waals surface area contributed by atoms with Gasteiger partial charge in [0, 0.05) is 19.1 Å². The van der Waals surface area contributed by atoms with Gasteiger partial charge in [-0.05, 0) is 59.0 Å². The van der Waals surface area contributed by atoms with Crippen molar-refractivity contribution in [2.75, 3.05) is 26.2 Å². The van der Waals surface area contributed by atoms with Crippen LogP contribution in [0.5, 0.6) is 0 Å². The number of nitrogens with one attached hydrogen (secondary N) is 1. The second-order valence-electron chi connectivity index (χ2n) is 6.18. The summed E-state index contributed by atoms with van der Waals surface area (Å²) in [7, 11) is 0. The summed E-state index contributed by atoms with van der Waals surface area (Å²) in [5, 5.41) is 13.2. The van der Waals surface area contributed by atoms with Crippen molar-refractivity contribution >= 4 is 0 Å². The second kappa shape index (κ2) is 6.72. The molecule has 3 nitrogen and oxygen atoms in total. The maximum Gasteiger partial charge on any atom is 0.0715 e. The van der Waals surface area contributed by atoms with E-state index in [0.717, 1.165) is 5.92 Å². The van der Waals surface area contributed by atoms with E-state index >= 15 is 0 Å². The molecule has 1 fully saturated rings. The molecule has 0 aromatic heterocycles. The third-order valence-electron chi connectivity index (χ3n) is 3.65. The van der Waals surface area contributed by atoms with Crippen LogP contribution in [0, 0.1) is 5.92 Å². The number of rotatable bonds is 6. The average molecular weight is 242 g/mol. The van der Waals surface area contributed by atoms with Crippen LogP contribution < -0.4 is 5.32 Å². The van der Waals surface area contributed by atoms with Crippen LogP contribution in [0.25, 0.3) is 0 Å². The van der Waals surface area contributed by atoms with Gasteiger partial charge in [-0.2, -0.15) is 0 Å². The van der Waals surface area contributed by atoms with Crippen molar-refractivity contribution in [1.82, 2.24) is 10.2 Å². The Kier molecular flexibility index (Phi) is 5.90. The van der Waals surface area contributed by atoms with Crippen LogP contribution in [0.4, 0.5) is 0 Å². The summed E-state index contributed by atoms with van der Waals surface area (Å²) in [4.78, 5) is 2.58. The van der Waals surface area contributed by atoms with Crippen molar-refractivity contribution in [2.24, 2.45) is 5.92 Å². The van der Waals surface area contributed by atoms with Gasteiger partial charge in [-0.15, -0.1) is 0 Å². The Bertz CT molecular complexity index is 211. The summed E-state index contributed by atoms with van der Waals surface area (Å²) in [6.07, 6.45) is 3.89. The van der Waals surface area contributed by atoms with Gasteiger partial charge < -0.3 is 15.3 Å². The maximum atomic E-state index is 9.73. The third kappa shape index (κ3) is 5.84. The molecular weight excluding hydrogens is 212 g/mol. The first kappa shape index (κ1) is 14.9. The quantitative estimate of drug-likeness (QED) is 0.746. The summed E-state index contributed by atoms with van der Waals surface area (Å²) in [5.41, 5.74) is -0.605. The summed E-state index contributed by atoms with van der Waals surface area (Å²) in [5.74, 6) is 0.734. The van der Waals surface area contributed by atoms with E-state index in [1.165, 1.54) is 38.9 Å². The monoisotopic (exact) mass is 242 g/mol. The summed E-state index contributed by atoms with van der Waals surface area (Å²) >= 11 is 0. The van der Waals surface area contributed by atoms with Gasteiger partial charge in [0.05, 0.1) is 5.60 Å². The van der Waals surface area contributed by atoms with Gasteiger partial charge in [0.1, 0.15) is 0 Å². The standard InChI is InChI=1S/C14H30N2O/c1-5-8-16-9-6-7-13(10-16)12(2)15-11-14(3,4)17/h12-13,15,17H,5-11H2,1-4H3. The van der Waals surface area contributed by atoms with E-state index in [2.05, 4.69) is 24.1 Å². The molecule has 0 aromatic rings. The summed E-state index contributed by atoms with van der Waals surface area (Å²) < 4.78 is 0. The molecule has 102 valence electrons. The molecule has 1 saturated heterocycles. The Morgan fingerprint density at radius 1 is 1.47 bits per heavy atom. The van der Waals surface area contributed by atoms with Gasteiger partial charge in [0.15, 0.2) is 0 Å². The van der Waals surface area contributed by atoms with Gasteiger partial charge >= 0.3 is 0 Å². The van der Waals surface area contributed by atoms with Crippen molar-refractivity contribution in [3.8, 4) is 0 Å². The first-order valence-corrected chi connectivity index (χ1v) is 7.10. The zero-order valence-electron chi connectivity index (χ0n) is 12.0. The second-order valence-corrected chi connectivity index (χ2v) is 6.18. The zero-order chi connectivity index (χ0) is 12.9. The first-order chi connectivity index (χ1) is 7.92. The lowest BCUT2D eigenvalue weighted by Crippen LogP contribution is -2.47. The topological polar surface area (TPSA) is 35.5 Å². The van der Waals surface area contributed by atoms with E-state index in [1.807, 2.05) is 13.8 Å². The fraction of sp³-hybridized carbons (Fsp3) is 1.00. The molecule has 2 atom stereocenters. The van der Waals surface area contributed by atoms with E-state index in [1.54, 1.807) is 0 Å². The molecule has 1 aliphatic heterocycles. The van der Waals surface area contributed by atoms with Crippen molar-refractivity contribution in [3.05, 3.63) is 0 Å². The first-order valence-electron chi connectivity index (χ1n) is 7.10. The number of hydrogen-bond acceptors (Lipinski definition) is 3. The third-order valence-corrected chi connectivity index (χ3v) is 3.65. The number of hydrogen-bond donors (Lipinski definition) is 2. The van der Waals surface area contributed by atoms with E-state index < -0.39 is 5.60 Å². The van der Waals surface area contributed by atoms with E-state index in [-0.39, 0.29) is 0 Å². The Balaban J connectivity index is 2.33. The molecule has 3 heteroatoms. The van der Waals surface area contributed by atoms with E-state index in [9.17, 15) is 5.11 Å². The number of aliphatic hydroxyl groups is 1. The lowest BCUT2D eigenvalue weighted by molar-refractivity contribution is 0.0694. The molecule has 17 heavy (non-hydrogen) atoms. The minimum absolute atomic E-state index is 0.501. The number of piperidine rings is 1. The van der Waals surface area contributed by atoms with Crippen molar-refractivity contribution < 1.29 is 5.11 Å². The molecule has 1 heterocycles. The summed E-state index contributed by atoms with van der Waals surface area (Å²) in [6.45, 7) is 12.6. The van der Waals surface area contributed by atoms with E-state index in [0.29, 0.717) is 12.6 Å². The van der Waals surface area contributed by atoms with Crippen LogP contribution in [0.15, 0.2) is 0 Å². The highest BCUT2D eigenvalue weighted by Crippen LogP contribution is 2.20. The predicted octanol–water partition coefficient (Wildman–Crippen LogP) is 1.86. The highest BCUT2D eigenvalue weighted by atomic mass is 16.3. The molecule has 0 bridgehead atoms. The van der Waals surface area contributed by atoms with Gasteiger partial charge in [-0.3, -0.25) is 0 Å². The maximum absolute atomic E-state index is 9.73. The number of likely N-dealkylation sites (tertiary alicyclic amines) is 1. The van der Waals surface area contributed by atoms with Crippen LogP contribution >= 0.6 is 0 Å². The van der Waals surface area contributed by atoms with Crippen molar-refractivity contribution in [1.29, 1.82) is 0 Å². The molecule has 0 aromatic carbocycles. The van der Waals surface area contributed by atoms with E-state index in [4.69, 9.17) is 0 Å². The predicted molar refractivity (Wildman–Crippen MR) is 73.2 cm³/mol.